The highest BCUT2D eigenvalue weighted by molar-refractivity contribution is 6.04. The number of aromatic hydroxyl groups is 1. The number of nitrogens with two attached hydrogens (primary N) is 1. The zero-order valence-corrected chi connectivity index (χ0v) is 18.2. The second-order valence-electron chi connectivity index (χ2n) is 8.26. The number of hydrogen-bond donors (Lipinski definition) is 3. The highest BCUT2D eigenvalue weighted by Gasteiger charge is 2.29. The van der Waals surface area contributed by atoms with Gasteiger partial charge >= 0.3 is 5.69 Å². The van der Waals surface area contributed by atoms with Crippen LogP contribution in [0.4, 0.5) is 11.6 Å². The molecule has 0 spiro atoms. The molecular formula is C23H20N8O3. The predicted molar refractivity (Wildman–Crippen MR) is 126 cm³/mol. The average Bonchev–Trinajstić information content (AvgIpc) is 3.39. The van der Waals surface area contributed by atoms with Crippen molar-refractivity contribution in [1.29, 1.82) is 0 Å². The van der Waals surface area contributed by atoms with E-state index in [9.17, 15) is 14.7 Å². The van der Waals surface area contributed by atoms with Gasteiger partial charge in [0.2, 0.25) is 5.88 Å². The fourth-order valence-corrected chi connectivity index (χ4v) is 4.54. The van der Waals surface area contributed by atoms with Crippen LogP contribution >= 0.6 is 0 Å². The molecule has 1 aromatic carbocycles. The molecule has 0 fully saturated rings. The number of rotatable bonds is 3. The summed E-state index contributed by atoms with van der Waals surface area (Å²) in [6.45, 7) is 2.35. The van der Waals surface area contributed by atoms with Gasteiger partial charge in [-0.15, -0.1) is 0 Å². The van der Waals surface area contributed by atoms with Crippen LogP contribution in [0.5, 0.6) is 5.88 Å². The molecule has 0 amide bonds. The summed E-state index contributed by atoms with van der Waals surface area (Å²) in [6, 6.07) is 9.81. The van der Waals surface area contributed by atoms with Crippen LogP contribution in [-0.2, 0) is 13.1 Å². The molecule has 11 nitrogen and oxygen atoms in total. The van der Waals surface area contributed by atoms with Gasteiger partial charge < -0.3 is 15.7 Å². The molecule has 4 N–H and O–H groups in total. The SMILES string of the molecule is CC(=O)c1c(N2CCn3c(c(O)[nH]c3=O)C2)nc2c(-c3cnc4ccccc4c3)cnn2c1N. The molecule has 6 rings (SSSR count). The third-order valence-corrected chi connectivity index (χ3v) is 6.22. The van der Waals surface area contributed by atoms with E-state index >= 15 is 0 Å². The topological polar surface area (TPSA) is 147 Å². The summed E-state index contributed by atoms with van der Waals surface area (Å²) in [7, 11) is 0. The summed E-state index contributed by atoms with van der Waals surface area (Å²) >= 11 is 0. The summed E-state index contributed by atoms with van der Waals surface area (Å²) in [4.78, 5) is 38.2. The molecule has 4 aromatic heterocycles. The Bertz CT molecular complexity index is 1680. The Kier molecular flexibility index (Phi) is 4.21. The third kappa shape index (κ3) is 2.86. The first-order valence-electron chi connectivity index (χ1n) is 10.7. The monoisotopic (exact) mass is 456 g/mol. The molecule has 5 heterocycles. The first-order valence-corrected chi connectivity index (χ1v) is 10.7. The van der Waals surface area contributed by atoms with E-state index < -0.39 is 0 Å². The van der Waals surface area contributed by atoms with Gasteiger partial charge in [-0.05, 0) is 19.1 Å². The van der Waals surface area contributed by atoms with Gasteiger partial charge in [0.05, 0.1) is 18.3 Å². The van der Waals surface area contributed by atoms with Crippen molar-refractivity contribution in [3.63, 3.8) is 0 Å². The molecule has 0 atom stereocenters. The minimum absolute atomic E-state index is 0.175. The number of anilines is 2. The molecule has 5 aromatic rings. The van der Waals surface area contributed by atoms with Crippen molar-refractivity contribution >= 4 is 34.0 Å². The number of nitrogens with zero attached hydrogens (tertiary/aromatic N) is 6. The van der Waals surface area contributed by atoms with Gasteiger partial charge in [-0.25, -0.2) is 9.78 Å². The Balaban J connectivity index is 1.54. The minimum Gasteiger partial charge on any atom is -0.493 e. The second kappa shape index (κ2) is 7.17. The number of Topliss-reactive ketones (excluding diaryl/α,β-unsaturated/α-hetero) is 1. The second-order valence-corrected chi connectivity index (χ2v) is 8.26. The van der Waals surface area contributed by atoms with E-state index in [0.717, 1.165) is 22.0 Å². The van der Waals surface area contributed by atoms with E-state index in [1.807, 2.05) is 35.2 Å². The third-order valence-electron chi connectivity index (χ3n) is 6.22. The van der Waals surface area contributed by atoms with Crippen LogP contribution in [0.2, 0.25) is 0 Å². The fraction of sp³-hybridized carbons (Fsp3) is 0.174. The van der Waals surface area contributed by atoms with Gasteiger partial charge in [-0.3, -0.25) is 19.3 Å². The molecule has 34 heavy (non-hydrogen) atoms. The lowest BCUT2D eigenvalue weighted by Crippen LogP contribution is -2.38. The van der Waals surface area contributed by atoms with Crippen molar-refractivity contribution in [3.05, 3.63) is 64.5 Å². The summed E-state index contributed by atoms with van der Waals surface area (Å²) < 4.78 is 2.94. The van der Waals surface area contributed by atoms with Crippen LogP contribution in [-0.4, -0.2) is 46.6 Å². The van der Waals surface area contributed by atoms with Crippen molar-refractivity contribution in [1.82, 2.24) is 29.1 Å². The summed E-state index contributed by atoms with van der Waals surface area (Å²) in [5.41, 5.74) is 9.62. The van der Waals surface area contributed by atoms with Crippen LogP contribution < -0.4 is 16.3 Å². The molecule has 0 bridgehead atoms. The van der Waals surface area contributed by atoms with Gasteiger partial charge in [0.25, 0.3) is 0 Å². The van der Waals surface area contributed by atoms with Crippen molar-refractivity contribution in [2.75, 3.05) is 17.2 Å². The number of para-hydroxylation sites is 1. The standard InChI is InChI=1S/C23H20N8O3/c1-12(32)18-19(24)31-20(15(10-26-31)14-8-13-4-2-3-5-16(13)25-9-14)27-21(18)29-6-7-30-17(11-29)22(33)28-23(30)34/h2-5,8-10,33H,6-7,11,24H2,1H3,(H,28,34). The van der Waals surface area contributed by atoms with E-state index in [-0.39, 0.29) is 35.3 Å². The molecule has 0 saturated heterocycles. The van der Waals surface area contributed by atoms with Gasteiger partial charge in [0.1, 0.15) is 22.9 Å². The normalized spacial score (nSPS) is 13.5. The van der Waals surface area contributed by atoms with Crippen molar-refractivity contribution in [2.45, 2.75) is 20.0 Å². The zero-order chi connectivity index (χ0) is 23.6. The van der Waals surface area contributed by atoms with E-state index in [0.29, 0.717) is 30.2 Å². The molecule has 0 aliphatic carbocycles. The van der Waals surface area contributed by atoms with Crippen LogP contribution in [0.3, 0.4) is 0 Å². The predicted octanol–water partition coefficient (Wildman–Crippen LogP) is 1.94. The number of carbonyl (C=O) groups is 1. The maximum absolute atomic E-state index is 12.6. The van der Waals surface area contributed by atoms with Crippen LogP contribution in [0, 0.1) is 0 Å². The number of fused-ring (bicyclic) bond motifs is 3. The van der Waals surface area contributed by atoms with Gasteiger partial charge in [-0.2, -0.15) is 9.61 Å². The average molecular weight is 456 g/mol. The number of imidazole rings is 1. The van der Waals surface area contributed by atoms with Crippen LogP contribution in [0.15, 0.2) is 47.5 Å². The molecule has 0 saturated carbocycles. The Morgan fingerprint density at radius 3 is 2.85 bits per heavy atom. The summed E-state index contributed by atoms with van der Waals surface area (Å²) in [6.07, 6.45) is 3.41. The summed E-state index contributed by atoms with van der Waals surface area (Å²) in [5, 5.41) is 15.5. The number of nitrogens with one attached hydrogen (secondary N) is 1. The minimum atomic E-state index is -0.372. The van der Waals surface area contributed by atoms with Gasteiger partial charge in [0.15, 0.2) is 11.4 Å². The first-order chi connectivity index (χ1) is 16.4. The number of aromatic amines is 1. The highest BCUT2D eigenvalue weighted by atomic mass is 16.3. The smallest absolute Gasteiger partial charge is 0.328 e. The quantitative estimate of drug-likeness (QED) is 0.349. The van der Waals surface area contributed by atoms with E-state index in [4.69, 9.17) is 10.7 Å². The molecule has 1 aliphatic rings. The largest absolute Gasteiger partial charge is 0.493 e. The van der Waals surface area contributed by atoms with E-state index in [1.165, 1.54) is 16.0 Å². The number of ketones is 1. The van der Waals surface area contributed by atoms with Crippen molar-refractivity contribution < 1.29 is 9.90 Å². The van der Waals surface area contributed by atoms with E-state index in [2.05, 4.69) is 15.1 Å². The van der Waals surface area contributed by atoms with Gasteiger partial charge in [0, 0.05) is 35.8 Å². The maximum atomic E-state index is 12.6. The molecule has 170 valence electrons. The number of carbonyl (C=O) groups excluding carboxylic acids is 1. The lowest BCUT2D eigenvalue weighted by molar-refractivity contribution is 0.101. The lowest BCUT2D eigenvalue weighted by Gasteiger charge is -2.30. The Morgan fingerprint density at radius 1 is 1.21 bits per heavy atom. The van der Waals surface area contributed by atoms with Crippen molar-refractivity contribution in [2.24, 2.45) is 0 Å². The molecule has 11 heteroatoms. The van der Waals surface area contributed by atoms with Crippen LogP contribution in [0.25, 0.3) is 27.7 Å². The lowest BCUT2D eigenvalue weighted by atomic mass is 10.1. The van der Waals surface area contributed by atoms with Crippen LogP contribution in [0.1, 0.15) is 23.0 Å². The maximum Gasteiger partial charge on any atom is 0.328 e. The number of nitrogen functional groups attached to an aromatic ring is 1. The summed E-state index contributed by atoms with van der Waals surface area (Å²) in [5.74, 6) is 0.106. The number of H-pyrrole nitrogens is 1. The molecule has 1 aliphatic heterocycles. The Morgan fingerprint density at radius 2 is 2.03 bits per heavy atom. The number of hydrogen-bond acceptors (Lipinski definition) is 8. The highest BCUT2D eigenvalue weighted by Crippen LogP contribution is 2.33. The Labute approximate surface area is 192 Å². The van der Waals surface area contributed by atoms with E-state index in [1.54, 1.807) is 12.4 Å². The molecule has 0 unspecified atom stereocenters. The number of pyridine rings is 1. The fourth-order valence-electron chi connectivity index (χ4n) is 4.54. The Hall–Kier alpha value is -4.67. The zero-order valence-electron chi connectivity index (χ0n) is 18.2. The molecular weight excluding hydrogens is 436 g/mol. The number of benzene rings is 1. The van der Waals surface area contributed by atoms with Crippen molar-refractivity contribution in [3.8, 4) is 17.0 Å². The van der Waals surface area contributed by atoms with Gasteiger partial charge in [-0.1, -0.05) is 18.2 Å². The number of aromatic nitrogens is 6. The molecule has 0 radical (unpaired) electrons. The first kappa shape index (κ1) is 20.0.